The van der Waals surface area contributed by atoms with E-state index in [0.29, 0.717) is 0 Å². The molecule has 0 heterocycles. The molecule has 1 saturated carbocycles. The van der Waals surface area contributed by atoms with Gasteiger partial charge in [-0.25, -0.2) is 0 Å². The molecule has 0 amide bonds. The Balaban J connectivity index is 2.23. The first-order valence-electron chi connectivity index (χ1n) is 3.10. The summed E-state index contributed by atoms with van der Waals surface area (Å²) in [6.07, 6.45) is 7.32. The van der Waals surface area contributed by atoms with Crippen LogP contribution < -0.4 is 0 Å². The summed E-state index contributed by atoms with van der Waals surface area (Å²) in [5.41, 5.74) is 0. The zero-order valence-corrected chi connectivity index (χ0v) is 5.91. The molecule has 0 nitrogen and oxygen atoms in total. The van der Waals surface area contributed by atoms with Crippen LogP contribution in [0.2, 0.25) is 0 Å². The van der Waals surface area contributed by atoms with Gasteiger partial charge in [0.05, 0.1) is 0 Å². The molecule has 0 bridgehead atoms. The summed E-state index contributed by atoms with van der Waals surface area (Å²) >= 11 is 3.12. The third-order valence-electron chi connectivity index (χ3n) is 2.01. The predicted octanol–water partition coefficient (Wildman–Crippen LogP) is 1.30. The molecule has 0 spiro atoms. The van der Waals surface area contributed by atoms with Crippen LogP contribution in [0.25, 0.3) is 0 Å². The van der Waals surface area contributed by atoms with Crippen molar-refractivity contribution in [2.75, 3.05) is 0 Å². The minimum absolute atomic E-state index is 0.851. The van der Waals surface area contributed by atoms with Gasteiger partial charge in [-0.1, -0.05) is 0 Å². The quantitative estimate of drug-likeness (QED) is 0.449. The van der Waals surface area contributed by atoms with E-state index in [9.17, 15) is 0 Å². The Bertz CT molecular complexity index is 158. The van der Waals surface area contributed by atoms with Gasteiger partial charge in [-0.05, 0) is 0 Å². The average Bonchev–Trinajstić information content (AvgIpc) is 2.46. The molecule has 0 radical (unpaired) electrons. The maximum atomic E-state index is 3.12. The van der Waals surface area contributed by atoms with Crippen molar-refractivity contribution in [3.8, 4) is 0 Å². The Hall–Kier alpha value is 0.142. The summed E-state index contributed by atoms with van der Waals surface area (Å²) in [4.78, 5) is 0. The van der Waals surface area contributed by atoms with E-state index < -0.39 is 0 Å². The molecule has 8 heavy (non-hydrogen) atoms. The first-order chi connectivity index (χ1) is 3.89. The molecule has 2 rings (SSSR count). The van der Waals surface area contributed by atoms with Crippen LogP contribution in [-0.2, 0) is 15.9 Å². The topological polar surface area (TPSA) is 0 Å². The van der Waals surface area contributed by atoms with E-state index in [2.05, 4.69) is 28.0 Å². The SMILES string of the molecule is [Cr]=[C]1C2C=CCCC12. The van der Waals surface area contributed by atoms with E-state index in [0.717, 1.165) is 11.8 Å². The molecular weight excluding hydrogens is 136 g/mol. The second-order valence-corrected chi connectivity index (χ2v) is 3.28. The number of allylic oxidation sites excluding steroid dienone is 2. The maximum absolute atomic E-state index is 3.12. The third kappa shape index (κ3) is 0.553. The second-order valence-electron chi connectivity index (χ2n) is 2.54. The third-order valence-corrected chi connectivity index (χ3v) is 2.90. The number of hydrogen-bond donors (Lipinski definition) is 0. The molecule has 2 atom stereocenters. The van der Waals surface area contributed by atoms with Gasteiger partial charge in [-0.15, -0.1) is 0 Å². The monoisotopic (exact) mass is 144 g/mol. The van der Waals surface area contributed by atoms with Crippen LogP contribution >= 0.6 is 0 Å². The first-order valence-corrected chi connectivity index (χ1v) is 3.74. The van der Waals surface area contributed by atoms with Crippen molar-refractivity contribution in [3.05, 3.63) is 12.2 Å². The molecule has 0 aromatic carbocycles. The fourth-order valence-corrected chi connectivity index (χ4v) is 2.07. The summed E-state index contributed by atoms with van der Waals surface area (Å²) < 4.78 is 1.60. The van der Waals surface area contributed by atoms with Gasteiger partial charge in [0.1, 0.15) is 0 Å². The van der Waals surface area contributed by atoms with Crippen molar-refractivity contribution in [3.63, 3.8) is 0 Å². The van der Waals surface area contributed by atoms with Crippen molar-refractivity contribution < 1.29 is 15.9 Å². The summed E-state index contributed by atoms with van der Waals surface area (Å²) in [5, 5.41) is 0. The van der Waals surface area contributed by atoms with E-state index in [4.69, 9.17) is 0 Å². The predicted molar refractivity (Wildman–Crippen MR) is 30.4 cm³/mol. The van der Waals surface area contributed by atoms with Gasteiger partial charge in [-0.3, -0.25) is 0 Å². The summed E-state index contributed by atoms with van der Waals surface area (Å²) in [7, 11) is 0. The molecule has 0 aromatic heterocycles. The molecular formula is C7H8Cr. The Morgan fingerprint density at radius 1 is 1.62 bits per heavy atom. The van der Waals surface area contributed by atoms with Gasteiger partial charge in [0.2, 0.25) is 0 Å². The molecule has 0 aliphatic heterocycles. The van der Waals surface area contributed by atoms with Gasteiger partial charge in [-0.2, -0.15) is 0 Å². The molecule has 2 aliphatic carbocycles. The van der Waals surface area contributed by atoms with Crippen molar-refractivity contribution in [1.82, 2.24) is 0 Å². The van der Waals surface area contributed by atoms with Crippen molar-refractivity contribution in [2.45, 2.75) is 12.8 Å². The summed E-state index contributed by atoms with van der Waals surface area (Å²) in [5.74, 6) is 1.80. The Morgan fingerprint density at radius 2 is 2.50 bits per heavy atom. The van der Waals surface area contributed by atoms with Crippen LogP contribution in [0.3, 0.4) is 0 Å². The number of fused-ring (bicyclic) bond motifs is 1. The molecule has 0 saturated heterocycles. The zero-order valence-electron chi connectivity index (χ0n) is 4.63. The van der Waals surface area contributed by atoms with E-state index in [1.54, 1.807) is 4.38 Å². The number of rotatable bonds is 0. The zero-order chi connectivity index (χ0) is 5.56. The molecule has 0 N–H and O–H groups in total. The summed E-state index contributed by atoms with van der Waals surface area (Å²) in [6, 6.07) is 0. The van der Waals surface area contributed by atoms with E-state index in [1.165, 1.54) is 12.8 Å². The van der Waals surface area contributed by atoms with Gasteiger partial charge in [0, 0.05) is 0 Å². The van der Waals surface area contributed by atoms with Gasteiger partial charge in [0.25, 0.3) is 0 Å². The average molecular weight is 144 g/mol. The van der Waals surface area contributed by atoms with Crippen LogP contribution in [0.1, 0.15) is 12.8 Å². The van der Waals surface area contributed by atoms with E-state index in [1.807, 2.05) is 0 Å². The molecule has 0 aromatic rings. The second kappa shape index (κ2) is 1.56. The normalized spacial score (nSPS) is 41.8. The Kier molecular flexibility index (Phi) is 0.969. The van der Waals surface area contributed by atoms with Gasteiger partial charge >= 0.3 is 57.1 Å². The molecule has 2 aliphatic rings. The molecule has 1 fully saturated rings. The first kappa shape index (κ1) is 4.97. The van der Waals surface area contributed by atoms with Gasteiger partial charge in [0.15, 0.2) is 0 Å². The van der Waals surface area contributed by atoms with Crippen LogP contribution in [-0.4, -0.2) is 4.38 Å². The fourth-order valence-electron chi connectivity index (χ4n) is 1.38. The van der Waals surface area contributed by atoms with Crippen molar-refractivity contribution in [1.29, 1.82) is 0 Å². The minimum atomic E-state index is 0.851. The Morgan fingerprint density at radius 3 is 3.00 bits per heavy atom. The van der Waals surface area contributed by atoms with Crippen molar-refractivity contribution in [2.24, 2.45) is 11.8 Å². The van der Waals surface area contributed by atoms with Gasteiger partial charge < -0.3 is 0 Å². The van der Waals surface area contributed by atoms with Crippen LogP contribution in [0.4, 0.5) is 0 Å². The van der Waals surface area contributed by atoms with E-state index in [-0.39, 0.29) is 0 Å². The van der Waals surface area contributed by atoms with Crippen molar-refractivity contribution >= 4 is 4.38 Å². The summed E-state index contributed by atoms with van der Waals surface area (Å²) in [6.45, 7) is 0. The standard InChI is InChI=1S/C7H8.Cr/c1-2-4-7-5-6(7)3-1;/h1,3,6-7H,2,4H2;. The fraction of sp³-hybridized carbons (Fsp3) is 0.571. The molecule has 2 unspecified atom stereocenters. The Labute approximate surface area is 57.6 Å². The molecule has 1 heteroatoms. The van der Waals surface area contributed by atoms with Crippen LogP contribution in [0, 0.1) is 11.8 Å². The van der Waals surface area contributed by atoms with Crippen LogP contribution in [0.15, 0.2) is 12.2 Å². The van der Waals surface area contributed by atoms with Crippen LogP contribution in [0.5, 0.6) is 0 Å². The molecule has 42 valence electrons. The van der Waals surface area contributed by atoms with E-state index >= 15 is 0 Å². The number of hydrogen-bond acceptors (Lipinski definition) is 0.